The molecule has 0 saturated heterocycles. The van der Waals surface area contributed by atoms with Crippen LogP contribution in [-0.4, -0.2) is 96.3 Å². The fourth-order valence-corrected chi connectivity index (χ4v) is 5.63. The molecule has 2 rings (SSSR count). The van der Waals surface area contributed by atoms with Gasteiger partial charge in [-0.2, -0.15) is 0 Å². The summed E-state index contributed by atoms with van der Waals surface area (Å²) in [6.45, 7) is 1.21. The molecule has 0 radical (unpaired) electrons. The summed E-state index contributed by atoms with van der Waals surface area (Å²) in [4.78, 5) is 44.0. The number of amides is 3. The molecule has 0 aromatic heterocycles. The second-order valence-corrected chi connectivity index (χ2v) is 12.3. The van der Waals surface area contributed by atoms with Crippen LogP contribution in [0.3, 0.4) is 0 Å². The molecular formula is C35H52N4O5. The number of hydrogen-bond acceptors (Lipinski definition) is 6. The number of hydrogen-bond donors (Lipinski definition) is 4. The van der Waals surface area contributed by atoms with E-state index in [1.165, 1.54) is 0 Å². The highest BCUT2D eigenvalue weighted by atomic mass is 16.3. The monoisotopic (exact) mass is 608 g/mol. The van der Waals surface area contributed by atoms with Crippen molar-refractivity contribution < 1.29 is 24.6 Å². The minimum Gasteiger partial charge on any atom is -0.390 e. The Morgan fingerprint density at radius 2 is 1.64 bits per heavy atom. The lowest BCUT2D eigenvalue weighted by atomic mass is 9.82. The Hall–Kier alpha value is -3.37. The molecule has 9 heteroatoms. The van der Waals surface area contributed by atoms with Gasteiger partial charge in [-0.25, -0.2) is 0 Å². The molecule has 1 aromatic carbocycles. The first-order valence-electron chi connectivity index (χ1n) is 15.8. The fraction of sp³-hybridized carbons (Fsp3) is 0.629. The summed E-state index contributed by atoms with van der Waals surface area (Å²) in [7, 11) is 5.57. The average Bonchev–Trinajstić information content (AvgIpc) is 3.01. The van der Waals surface area contributed by atoms with E-state index in [9.17, 15) is 24.6 Å². The van der Waals surface area contributed by atoms with E-state index < -0.39 is 42.0 Å². The van der Waals surface area contributed by atoms with Crippen LogP contribution in [0.15, 0.2) is 30.3 Å². The molecule has 1 fully saturated rings. The van der Waals surface area contributed by atoms with Gasteiger partial charge in [-0.05, 0) is 44.8 Å². The van der Waals surface area contributed by atoms with E-state index >= 15 is 0 Å². The number of aliphatic hydroxyl groups excluding tert-OH is 2. The van der Waals surface area contributed by atoms with Gasteiger partial charge in [0.2, 0.25) is 17.7 Å². The molecule has 5 atom stereocenters. The zero-order valence-corrected chi connectivity index (χ0v) is 26.7. The van der Waals surface area contributed by atoms with Gasteiger partial charge < -0.3 is 30.6 Å². The van der Waals surface area contributed by atoms with Crippen LogP contribution in [0.5, 0.6) is 0 Å². The van der Waals surface area contributed by atoms with E-state index in [4.69, 9.17) is 12.8 Å². The number of nitrogens with one attached hydrogen (secondary N) is 2. The van der Waals surface area contributed by atoms with E-state index in [0.29, 0.717) is 38.3 Å². The van der Waals surface area contributed by atoms with E-state index in [1.807, 2.05) is 49.3 Å². The van der Waals surface area contributed by atoms with Crippen LogP contribution in [0, 0.1) is 36.5 Å². The molecule has 3 unspecified atom stereocenters. The van der Waals surface area contributed by atoms with Crippen molar-refractivity contribution in [2.45, 2.75) is 94.9 Å². The Balaban J connectivity index is 2.21. The van der Waals surface area contributed by atoms with Gasteiger partial charge in [-0.15, -0.1) is 24.7 Å². The quantitative estimate of drug-likeness (QED) is 0.190. The third-order valence-electron chi connectivity index (χ3n) is 8.41. The summed E-state index contributed by atoms with van der Waals surface area (Å²) < 4.78 is 0. The number of terminal acetylenes is 2. The third-order valence-corrected chi connectivity index (χ3v) is 8.41. The van der Waals surface area contributed by atoms with Crippen LogP contribution in [-0.2, 0) is 20.8 Å². The van der Waals surface area contributed by atoms with Crippen LogP contribution in [0.2, 0.25) is 0 Å². The van der Waals surface area contributed by atoms with Crippen molar-refractivity contribution in [1.82, 2.24) is 20.4 Å². The van der Waals surface area contributed by atoms with Crippen LogP contribution in [0.4, 0.5) is 0 Å². The number of aliphatic hydroxyl groups is 2. The van der Waals surface area contributed by atoms with E-state index in [0.717, 1.165) is 37.7 Å². The summed E-state index contributed by atoms with van der Waals surface area (Å²) in [6.07, 6.45) is 15.2. The third kappa shape index (κ3) is 13.1. The molecule has 4 N–H and O–H groups in total. The Bertz CT molecular complexity index is 1110. The number of rotatable bonds is 18. The van der Waals surface area contributed by atoms with E-state index in [-0.39, 0.29) is 25.2 Å². The van der Waals surface area contributed by atoms with Crippen molar-refractivity contribution in [2.75, 3.05) is 34.2 Å². The first-order valence-corrected chi connectivity index (χ1v) is 15.8. The normalized spacial score (nSPS) is 16.9. The maximum atomic E-state index is 13.7. The Morgan fingerprint density at radius 1 is 0.955 bits per heavy atom. The van der Waals surface area contributed by atoms with Crippen molar-refractivity contribution in [3.63, 3.8) is 0 Å². The summed E-state index contributed by atoms with van der Waals surface area (Å²) in [6, 6.07) is 7.62. The van der Waals surface area contributed by atoms with Crippen molar-refractivity contribution in [2.24, 2.45) is 11.8 Å². The molecule has 3 amide bonds. The molecular weight excluding hydrogens is 556 g/mol. The number of nitrogens with zero attached hydrogens (tertiary/aromatic N) is 2. The first-order chi connectivity index (χ1) is 21.0. The van der Waals surface area contributed by atoms with Crippen LogP contribution >= 0.6 is 0 Å². The number of likely N-dealkylation sites (N-methyl/N-ethyl adjacent to an activating group) is 2. The van der Waals surface area contributed by atoms with Crippen LogP contribution in [0.25, 0.3) is 0 Å². The Morgan fingerprint density at radius 3 is 2.25 bits per heavy atom. The fourth-order valence-electron chi connectivity index (χ4n) is 5.63. The van der Waals surface area contributed by atoms with Crippen molar-refractivity contribution >= 4 is 17.7 Å². The lowest BCUT2D eigenvalue weighted by molar-refractivity contribution is -0.136. The molecule has 1 aliphatic carbocycles. The zero-order valence-electron chi connectivity index (χ0n) is 26.7. The second-order valence-electron chi connectivity index (χ2n) is 12.3. The predicted molar refractivity (Wildman–Crippen MR) is 173 cm³/mol. The minimum atomic E-state index is -1.22. The SMILES string of the molecule is C#CCCC(O)[C@H](O)C(CC1CCCCC1)NC(=O)[C@H](CC#C)NC(=O)C(CC(=O)N(C)CCN(C)C)Cc1ccccc1. The summed E-state index contributed by atoms with van der Waals surface area (Å²) in [5.41, 5.74) is 0.894. The maximum Gasteiger partial charge on any atom is 0.243 e. The Labute approximate surface area is 264 Å². The summed E-state index contributed by atoms with van der Waals surface area (Å²) in [5, 5.41) is 27.4. The average molecular weight is 609 g/mol. The molecule has 1 aromatic rings. The Kier molecular flexibility index (Phi) is 16.6. The van der Waals surface area contributed by atoms with Gasteiger partial charge in [0.15, 0.2) is 0 Å². The van der Waals surface area contributed by atoms with Gasteiger partial charge >= 0.3 is 0 Å². The van der Waals surface area contributed by atoms with Gasteiger partial charge in [0.05, 0.1) is 18.1 Å². The zero-order chi connectivity index (χ0) is 32.5. The standard InChI is InChI=1S/C35H52N4O5/c1-6-8-20-31(40)33(42)30(24-27-18-13-10-14-19-27)37-35(44)29(15-7-2)36-34(43)28(23-26-16-11-9-12-17-26)25-32(41)39(5)22-21-38(3)4/h1-2,9,11-12,16-17,27-31,33,40,42H,8,10,13-15,18-25H2,3-5H3,(H,36,43)(H,37,44)/t28?,29-,30?,31?,33+/m0/s1. The van der Waals surface area contributed by atoms with E-state index in [1.54, 1.807) is 11.9 Å². The highest BCUT2D eigenvalue weighted by molar-refractivity contribution is 5.91. The molecule has 1 saturated carbocycles. The molecule has 9 nitrogen and oxygen atoms in total. The lowest BCUT2D eigenvalue weighted by Gasteiger charge is -2.33. The van der Waals surface area contributed by atoms with Gasteiger partial charge in [0.1, 0.15) is 12.1 Å². The van der Waals surface area contributed by atoms with Gasteiger partial charge in [0.25, 0.3) is 0 Å². The second kappa shape index (κ2) is 19.8. The van der Waals surface area contributed by atoms with Crippen molar-refractivity contribution in [1.29, 1.82) is 0 Å². The molecule has 1 aliphatic rings. The summed E-state index contributed by atoms with van der Waals surface area (Å²) >= 11 is 0. The van der Waals surface area contributed by atoms with Crippen molar-refractivity contribution in [3.05, 3.63) is 35.9 Å². The highest BCUT2D eigenvalue weighted by Crippen LogP contribution is 2.29. The number of carbonyl (C=O) groups is 3. The largest absolute Gasteiger partial charge is 0.390 e. The topological polar surface area (TPSA) is 122 Å². The van der Waals surface area contributed by atoms with Crippen molar-refractivity contribution in [3.8, 4) is 24.7 Å². The van der Waals surface area contributed by atoms with Crippen LogP contribution < -0.4 is 10.6 Å². The smallest absolute Gasteiger partial charge is 0.243 e. The van der Waals surface area contributed by atoms with E-state index in [2.05, 4.69) is 22.5 Å². The molecule has 0 aliphatic heterocycles. The minimum absolute atomic E-state index is 0.0283. The predicted octanol–water partition coefficient (Wildman–Crippen LogP) is 2.35. The summed E-state index contributed by atoms with van der Waals surface area (Å²) in [5.74, 6) is 3.37. The molecule has 0 spiro atoms. The van der Waals surface area contributed by atoms with Gasteiger partial charge in [0, 0.05) is 39.4 Å². The number of benzene rings is 1. The molecule has 44 heavy (non-hydrogen) atoms. The highest BCUT2D eigenvalue weighted by Gasteiger charge is 2.33. The number of carbonyl (C=O) groups excluding carboxylic acids is 3. The lowest BCUT2D eigenvalue weighted by Crippen LogP contribution is -2.55. The molecule has 0 heterocycles. The molecule has 242 valence electrons. The van der Waals surface area contributed by atoms with Gasteiger partial charge in [-0.1, -0.05) is 62.4 Å². The maximum absolute atomic E-state index is 13.7. The first kappa shape index (κ1) is 36.8. The van der Waals surface area contributed by atoms with Gasteiger partial charge in [-0.3, -0.25) is 14.4 Å². The van der Waals surface area contributed by atoms with Crippen LogP contribution in [0.1, 0.15) is 69.8 Å². The molecule has 0 bridgehead atoms.